The maximum atomic E-state index is 12.0. The van der Waals surface area contributed by atoms with Crippen molar-refractivity contribution < 1.29 is 14.6 Å². The molecule has 0 spiro atoms. The van der Waals surface area contributed by atoms with Gasteiger partial charge in [0.2, 0.25) is 0 Å². The quantitative estimate of drug-likeness (QED) is 0.884. The van der Waals surface area contributed by atoms with Gasteiger partial charge in [-0.3, -0.25) is 4.79 Å². The number of nitrogens with one attached hydrogen (secondary N) is 1. The van der Waals surface area contributed by atoms with E-state index < -0.39 is 6.10 Å². The summed E-state index contributed by atoms with van der Waals surface area (Å²) in [5.74, 6) is 0.702. The molecule has 2 aliphatic heterocycles. The molecule has 5 heteroatoms. The molecular weight excluding hydrogens is 268 g/mol. The topological polar surface area (TPSA) is 61.8 Å². The number of nitrogens with zero attached hydrogens (tertiary/aromatic N) is 1. The van der Waals surface area contributed by atoms with Crippen LogP contribution in [0.3, 0.4) is 0 Å². The van der Waals surface area contributed by atoms with Crippen LogP contribution in [0.5, 0.6) is 5.75 Å². The zero-order valence-electron chi connectivity index (χ0n) is 12.3. The van der Waals surface area contributed by atoms with Gasteiger partial charge >= 0.3 is 0 Å². The van der Waals surface area contributed by atoms with Crippen molar-refractivity contribution in [3.05, 3.63) is 23.8 Å². The highest BCUT2D eigenvalue weighted by Crippen LogP contribution is 2.35. The molecule has 21 heavy (non-hydrogen) atoms. The van der Waals surface area contributed by atoms with E-state index in [2.05, 4.69) is 5.32 Å². The lowest BCUT2D eigenvalue weighted by Crippen LogP contribution is -2.39. The first-order valence-electron chi connectivity index (χ1n) is 7.69. The van der Waals surface area contributed by atoms with Crippen LogP contribution in [0.25, 0.3) is 0 Å². The molecule has 0 saturated carbocycles. The Bertz CT molecular complexity index is 526. The van der Waals surface area contributed by atoms with Gasteiger partial charge in [-0.2, -0.15) is 0 Å². The van der Waals surface area contributed by atoms with Crippen LogP contribution in [-0.4, -0.2) is 36.8 Å². The molecule has 2 N–H and O–H groups in total. The van der Waals surface area contributed by atoms with E-state index in [1.807, 2.05) is 25.1 Å². The Balaban J connectivity index is 1.89. The number of amides is 1. The minimum atomic E-state index is -0.543. The van der Waals surface area contributed by atoms with Crippen molar-refractivity contribution in [3.63, 3.8) is 0 Å². The second kappa shape index (κ2) is 6.03. The van der Waals surface area contributed by atoms with Gasteiger partial charge in [-0.25, -0.2) is 0 Å². The first-order valence-corrected chi connectivity index (χ1v) is 7.69. The van der Waals surface area contributed by atoms with Gasteiger partial charge in [0, 0.05) is 12.6 Å². The number of benzene rings is 1. The molecule has 0 aliphatic carbocycles. The number of carbonyl (C=O) groups is 1. The minimum Gasteiger partial charge on any atom is -0.482 e. The van der Waals surface area contributed by atoms with Crippen molar-refractivity contribution >= 4 is 11.6 Å². The zero-order chi connectivity index (χ0) is 14.8. The summed E-state index contributed by atoms with van der Waals surface area (Å²) in [6.45, 7) is 3.77. The Morgan fingerprint density at radius 1 is 1.52 bits per heavy atom. The van der Waals surface area contributed by atoms with Crippen LogP contribution in [0.4, 0.5) is 5.69 Å². The smallest absolute Gasteiger partial charge is 0.265 e. The van der Waals surface area contributed by atoms with Crippen LogP contribution in [0.2, 0.25) is 0 Å². The molecule has 3 rings (SSSR count). The Labute approximate surface area is 124 Å². The summed E-state index contributed by atoms with van der Waals surface area (Å²) in [6.07, 6.45) is 2.42. The van der Waals surface area contributed by atoms with Crippen LogP contribution in [0, 0.1) is 0 Å². The summed E-state index contributed by atoms with van der Waals surface area (Å²) in [7, 11) is 0. The number of rotatable bonds is 4. The molecule has 0 aromatic heterocycles. The van der Waals surface area contributed by atoms with Gasteiger partial charge in [-0.05, 0) is 43.5 Å². The van der Waals surface area contributed by atoms with Gasteiger partial charge in [0.15, 0.2) is 6.61 Å². The van der Waals surface area contributed by atoms with Crippen molar-refractivity contribution in [1.82, 2.24) is 5.32 Å². The maximum absolute atomic E-state index is 12.0. The van der Waals surface area contributed by atoms with E-state index >= 15 is 0 Å². The lowest BCUT2D eigenvalue weighted by Gasteiger charge is -2.30. The lowest BCUT2D eigenvalue weighted by atomic mass is 9.99. The number of anilines is 1. The zero-order valence-corrected chi connectivity index (χ0v) is 12.3. The standard InChI is InChI=1S/C16H22N2O3/c1-2-8-18-13-9-11(16(20)12-4-3-7-17-12)5-6-14(13)21-10-15(18)19/h5-6,9,12,16-17,20H,2-4,7-8,10H2,1H3. The largest absolute Gasteiger partial charge is 0.482 e. The highest BCUT2D eigenvalue weighted by atomic mass is 16.5. The number of carbonyl (C=O) groups excluding carboxylic acids is 1. The molecule has 0 bridgehead atoms. The summed E-state index contributed by atoms with van der Waals surface area (Å²) < 4.78 is 5.48. The van der Waals surface area contributed by atoms with Gasteiger partial charge in [-0.15, -0.1) is 0 Å². The van der Waals surface area contributed by atoms with E-state index in [9.17, 15) is 9.90 Å². The molecule has 2 atom stereocenters. The van der Waals surface area contributed by atoms with Gasteiger partial charge in [0.05, 0.1) is 11.8 Å². The predicted molar refractivity (Wildman–Crippen MR) is 80.6 cm³/mol. The molecular formula is C16H22N2O3. The fourth-order valence-corrected chi connectivity index (χ4v) is 3.09. The van der Waals surface area contributed by atoms with Crippen LogP contribution in [-0.2, 0) is 4.79 Å². The minimum absolute atomic E-state index is 0.0185. The molecule has 1 aromatic rings. The van der Waals surface area contributed by atoms with E-state index in [0.29, 0.717) is 6.54 Å². The third kappa shape index (κ3) is 2.76. The Morgan fingerprint density at radius 2 is 2.38 bits per heavy atom. The van der Waals surface area contributed by atoms with Gasteiger partial charge in [-0.1, -0.05) is 13.0 Å². The normalized spacial score (nSPS) is 22.9. The molecule has 114 valence electrons. The fourth-order valence-electron chi connectivity index (χ4n) is 3.09. The first kappa shape index (κ1) is 14.4. The van der Waals surface area contributed by atoms with E-state index in [0.717, 1.165) is 42.8 Å². The number of ether oxygens (including phenoxy) is 1. The summed E-state index contributed by atoms with van der Waals surface area (Å²) in [6, 6.07) is 5.75. The van der Waals surface area contributed by atoms with Gasteiger partial charge in [0.25, 0.3) is 5.91 Å². The third-order valence-electron chi connectivity index (χ3n) is 4.19. The Hall–Kier alpha value is -1.59. The molecule has 1 aromatic carbocycles. The molecule has 1 saturated heterocycles. The van der Waals surface area contributed by atoms with Gasteiger partial charge < -0.3 is 20.1 Å². The summed E-state index contributed by atoms with van der Waals surface area (Å²) in [5, 5.41) is 13.8. The number of aliphatic hydroxyl groups is 1. The molecule has 2 heterocycles. The second-order valence-corrected chi connectivity index (χ2v) is 5.71. The van der Waals surface area contributed by atoms with E-state index in [1.54, 1.807) is 4.90 Å². The molecule has 0 radical (unpaired) electrons. The fraction of sp³-hybridized carbons (Fsp3) is 0.562. The first-order chi connectivity index (χ1) is 10.2. The van der Waals surface area contributed by atoms with Crippen molar-refractivity contribution in [2.75, 3.05) is 24.6 Å². The average molecular weight is 290 g/mol. The molecule has 2 unspecified atom stereocenters. The second-order valence-electron chi connectivity index (χ2n) is 5.71. The number of hydrogen-bond donors (Lipinski definition) is 2. The van der Waals surface area contributed by atoms with Crippen molar-refractivity contribution in [1.29, 1.82) is 0 Å². The van der Waals surface area contributed by atoms with E-state index in [-0.39, 0.29) is 18.6 Å². The van der Waals surface area contributed by atoms with Gasteiger partial charge in [0.1, 0.15) is 5.75 Å². The highest BCUT2D eigenvalue weighted by molar-refractivity contribution is 5.97. The van der Waals surface area contributed by atoms with E-state index in [4.69, 9.17) is 4.74 Å². The summed E-state index contributed by atoms with van der Waals surface area (Å²) in [4.78, 5) is 13.8. The van der Waals surface area contributed by atoms with Crippen molar-refractivity contribution in [2.45, 2.75) is 38.3 Å². The molecule has 2 aliphatic rings. The molecule has 5 nitrogen and oxygen atoms in total. The average Bonchev–Trinajstić information content (AvgIpc) is 3.03. The Morgan fingerprint density at radius 3 is 3.10 bits per heavy atom. The number of fused-ring (bicyclic) bond motifs is 1. The van der Waals surface area contributed by atoms with Crippen LogP contribution < -0.4 is 15.0 Å². The van der Waals surface area contributed by atoms with Crippen molar-refractivity contribution in [2.24, 2.45) is 0 Å². The van der Waals surface area contributed by atoms with Crippen molar-refractivity contribution in [3.8, 4) is 5.75 Å². The van der Waals surface area contributed by atoms with Crippen LogP contribution >= 0.6 is 0 Å². The number of hydrogen-bond acceptors (Lipinski definition) is 4. The summed E-state index contributed by atoms with van der Waals surface area (Å²) in [5.41, 5.74) is 1.62. The summed E-state index contributed by atoms with van der Waals surface area (Å²) >= 11 is 0. The third-order valence-corrected chi connectivity index (χ3v) is 4.19. The number of aliphatic hydroxyl groups excluding tert-OH is 1. The van der Waals surface area contributed by atoms with Crippen LogP contribution in [0.1, 0.15) is 37.9 Å². The SMILES string of the molecule is CCCN1C(=O)COc2ccc(C(O)C3CCCN3)cc21. The van der Waals surface area contributed by atoms with E-state index in [1.165, 1.54) is 0 Å². The lowest BCUT2D eigenvalue weighted by molar-refractivity contribution is -0.121. The molecule has 1 amide bonds. The molecule has 1 fully saturated rings. The monoisotopic (exact) mass is 290 g/mol. The predicted octanol–water partition coefficient (Wildman–Crippen LogP) is 1.61. The highest BCUT2D eigenvalue weighted by Gasteiger charge is 2.28. The van der Waals surface area contributed by atoms with Crippen LogP contribution in [0.15, 0.2) is 18.2 Å². The maximum Gasteiger partial charge on any atom is 0.265 e. The Kier molecular flexibility index (Phi) is 4.12.